The third-order valence-corrected chi connectivity index (χ3v) is 4.78. The third kappa shape index (κ3) is 3.39. The van der Waals surface area contributed by atoms with Crippen molar-refractivity contribution in [2.45, 2.75) is 18.9 Å². The highest BCUT2D eigenvalue weighted by Gasteiger charge is 2.15. The number of aliphatic hydroxyl groups excluding tert-OH is 1. The van der Waals surface area contributed by atoms with Crippen LogP contribution in [0.15, 0.2) is 41.1 Å². The molecule has 0 fully saturated rings. The van der Waals surface area contributed by atoms with Gasteiger partial charge in [-0.15, -0.1) is 0 Å². The molecule has 0 saturated carbocycles. The number of H-pyrrole nitrogens is 1. The largest absolute Gasteiger partial charge is 0.510 e. The van der Waals surface area contributed by atoms with E-state index < -0.39 is 0 Å². The highest BCUT2D eigenvalue weighted by molar-refractivity contribution is 7.99. The Kier molecular flexibility index (Phi) is 4.92. The van der Waals surface area contributed by atoms with Gasteiger partial charge in [0.15, 0.2) is 5.82 Å². The lowest BCUT2D eigenvalue weighted by Crippen LogP contribution is -1.98. The molecule has 2 aromatic heterocycles. The average Bonchev–Trinajstić information content (AvgIpc) is 3.03. The molecule has 26 heavy (non-hydrogen) atoms. The first-order valence-electron chi connectivity index (χ1n) is 7.82. The van der Waals surface area contributed by atoms with Crippen molar-refractivity contribution in [1.29, 1.82) is 10.5 Å². The van der Waals surface area contributed by atoms with Crippen molar-refractivity contribution in [3.05, 3.63) is 58.7 Å². The van der Waals surface area contributed by atoms with Gasteiger partial charge in [-0.05, 0) is 37.6 Å². The van der Waals surface area contributed by atoms with E-state index in [1.54, 1.807) is 0 Å². The van der Waals surface area contributed by atoms with Crippen LogP contribution in [0.5, 0.6) is 0 Å². The van der Waals surface area contributed by atoms with E-state index in [4.69, 9.17) is 0 Å². The molecular formula is C19H15N5OS. The first kappa shape index (κ1) is 17.5. The number of pyridine rings is 1. The minimum absolute atomic E-state index is 0.0802. The number of aromatic nitrogens is 3. The molecule has 3 rings (SSSR count). The molecule has 0 spiro atoms. The van der Waals surface area contributed by atoms with E-state index >= 15 is 0 Å². The predicted molar refractivity (Wildman–Crippen MR) is 100 cm³/mol. The zero-order valence-electron chi connectivity index (χ0n) is 14.2. The molecule has 0 amide bonds. The molecule has 0 saturated heterocycles. The van der Waals surface area contributed by atoms with Crippen molar-refractivity contribution < 1.29 is 5.11 Å². The van der Waals surface area contributed by atoms with Crippen LogP contribution in [0.25, 0.3) is 16.6 Å². The summed E-state index contributed by atoms with van der Waals surface area (Å²) < 4.78 is 0. The molecule has 2 heterocycles. The highest BCUT2D eigenvalue weighted by atomic mass is 32.2. The number of nitriles is 2. The number of para-hydroxylation sites is 2. The number of hydrogen-bond donors (Lipinski definition) is 2. The summed E-state index contributed by atoms with van der Waals surface area (Å²) in [6.45, 7) is 3.70. The van der Waals surface area contributed by atoms with Crippen LogP contribution in [-0.2, 0) is 0 Å². The van der Waals surface area contributed by atoms with E-state index in [0.717, 1.165) is 22.3 Å². The van der Waals surface area contributed by atoms with Crippen LogP contribution in [0, 0.1) is 36.5 Å². The van der Waals surface area contributed by atoms with E-state index in [0.29, 0.717) is 16.4 Å². The normalized spacial score (nSPS) is 11.7. The zero-order valence-corrected chi connectivity index (χ0v) is 15.1. The Morgan fingerprint density at radius 3 is 2.69 bits per heavy atom. The molecule has 128 valence electrons. The first-order chi connectivity index (χ1) is 12.5. The van der Waals surface area contributed by atoms with Crippen LogP contribution in [0.1, 0.15) is 22.6 Å². The molecule has 0 radical (unpaired) electrons. The van der Waals surface area contributed by atoms with Gasteiger partial charge in [0.2, 0.25) is 0 Å². The second-order valence-electron chi connectivity index (χ2n) is 5.70. The number of rotatable bonds is 4. The number of aliphatic hydroxyl groups is 1. The summed E-state index contributed by atoms with van der Waals surface area (Å²) in [5, 5.41) is 29.7. The van der Waals surface area contributed by atoms with Gasteiger partial charge in [-0.1, -0.05) is 23.9 Å². The number of benzene rings is 1. The Bertz CT molecular complexity index is 1070. The minimum atomic E-state index is -0.110. The molecule has 3 aromatic rings. The Hall–Kier alpha value is -3.29. The number of allylic oxidation sites excluding steroid dienone is 1. The van der Waals surface area contributed by atoms with Gasteiger partial charge in [0.05, 0.1) is 22.3 Å². The molecule has 6 nitrogen and oxygen atoms in total. The fraction of sp³-hybridized carbons (Fsp3) is 0.158. The number of aryl methyl sites for hydroxylation is 2. The van der Waals surface area contributed by atoms with Gasteiger partial charge in [0.1, 0.15) is 28.5 Å². The van der Waals surface area contributed by atoms with E-state index in [2.05, 4.69) is 21.0 Å². The van der Waals surface area contributed by atoms with Gasteiger partial charge in [-0.2, -0.15) is 10.5 Å². The molecule has 0 unspecified atom stereocenters. The lowest BCUT2D eigenvalue weighted by molar-refractivity contribution is 0.420. The average molecular weight is 361 g/mol. The fourth-order valence-corrected chi connectivity index (χ4v) is 3.55. The van der Waals surface area contributed by atoms with Crippen molar-refractivity contribution in [1.82, 2.24) is 15.0 Å². The summed E-state index contributed by atoms with van der Waals surface area (Å²) in [5.74, 6) is 0.326. The van der Waals surface area contributed by atoms with Crippen LogP contribution in [0.3, 0.4) is 0 Å². The van der Waals surface area contributed by atoms with E-state index in [1.165, 1.54) is 11.8 Å². The Morgan fingerprint density at radius 1 is 1.23 bits per heavy atom. The van der Waals surface area contributed by atoms with Gasteiger partial charge < -0.3 is 10.1 Å². The number of nitrogens with one attached hydrogen (secondary N) is 1. The van der Waals surface area contributed by atoms with Crippen molar-refractivity contribution in [2.75, 3.05) is 5.75 Å². The topological polar surface area (TPSA) is 109 Å². The van der Waals surface area contributed by atoms with E-state index in [-0.39, 0.29) is 17.1 Å². The number of aromatic amines is 1. The molecule has 0 atom stereocenters. The molecular weight excluding hydrogens is 346 g/mol. The van der Waals surface area contributed by atoms with Crippen LogP contribution >= 0.6 is 11.8 Å². The van der Waals surface area contributed by atoms with Crippen LogP contribution < -0.4 is 0 Å². The van der Waals surface area contributed by atoms with Crippen LogP contribution in [-0.4, -0.2) is 25.8 Å². The molecule has 0 aliphatic heterocycles. The fourth-order valence-electron chi connectivity index (χ4n) is 2.58. The number of nitrogens with zero attached hydrogens (tertiary/aromatic N) is 4. The second-order valence-corrected chi connectivity index (χ2v) is 6.66. The summed E-state index contributed by atoms with van der Waals surface area (Å²) in [5.41, 5.74) is 3.71. The van der Waals surface area contributed by atoms with E-state index in [9.17, 15) is 15.6 Å². The molecule has 1 aromatic carbocycles. The zero-order chi connectivity index (χ0) is 18.7. The Balaban J connectivity index is 1.91. The monoisotopic (exact) mass is 361 g/mol. The number of thioether (sulfide) groups is 1. The van der Waals surface area contributed by atoms with Gasteiger partial charge >= 0.3 is 0 Å². The molecule has 0 aliphatic rings. The first-order valence-corrected chi connectivity index (χ1v) is 8.80. The molecule has 2 N–H and O–H groups in total. The Labute approximate surface area is 154 Å². The second kappa shape index (κ2) is 7.30. The van der Waals surface area contributed by atoms with Crippen molar-refractivity contribution in [3.8, 4) is 12.1 Å². The number of fused-ring (bicyclic) bond motifs is 1. The van der Waals surface area contributed by atoms with E-state index in [1.807, 2.05) is 50.2 Å². The standard InChI is InChI=1S/C19H15N5OS/c1-11-7-12(2)22-19(13(11)8-20)26-10-17(25)14(9-21)18-23-15-5-3-4-6-16(15)24-18/h3-7,25H,10H2,1-2H3,(H,23,24)/b17-14-. The summed E-state index contributed by atoms with van der Waals surface area (Å²) in [6.07, 6.45) is 0. The maximum atomic E-state index is 10.4. The SMILES string of the molecule is Cc1cc(C)c(C#N)c(SC/C(O)=C(\C#N)c2nc3ccccc3[nH]2)n1. The summed E-state index contributed by atoms with van der Waals surface area (Å²) in [4.78, 5) is 11.8. The number of imidazole rings is 1. The smallest absolute Gasteiger partial charge is 0.152 e. The highest BCUT2D eigenvalue weighted by Crippen LogP contribution is 2.27. The predicted octanol–water partition coefficient (Wildman–Crippen LogP) is 4.03. The lowest BCUT2D eigenvalue weighted by Gasteiger charge is -2.07. The van der Waals surface area contributed by atoms with Gasteiger partial charge in [-0.25, -0.2) is 9.97 Å². The molecule has 0 aliphatic carbocycles. The molecule has 7 heteroatoms. The maximum absolute atomic E-state index is 10.4. The van der Waals surface area contributed by atoms with Crippen LogP contribution in [0.2, 0.25) is 0 Å². The van der Waals surface area contributed by atoms with Crippen molar-refractivity contribution in [2.24, 2.45) is 0 Å². The molecule has 0 bridgehead atoms. The van der Waals surface area contributed by atoms with Gasteiger partial charge in [-0.3, -0.25) is 0 Å². The summed E-state index contributed by atoms with van der Waals surface area (Å²) in [7, 11) is 0. The van der Waals surface area contributed by atoms with Crippen molar-refractivity contribution >= 4 is 28.4 Å². The van der Waals surface area contributed by atoms with Crippen molar-refractivity contribution in [3.63, 3.8) is 0 Å². The van der Waals surface area contributed by atoms with Gasteiger partial charge in [0, 0.05) is 5.69 Å². The van der Waals surface area contributed by atoms with Gasteiger partial charge in [0.25, 0.3) is 0 Å². The summed E-state index contributed by atoms with van der Waals surface area (Å²) >= 11 is 1.22. The minimum Gasteiger partial charge on any atom is -0.510 e. The maximum Gasteiger partial charge on any atom is 0.152 e. The Morgan fingerprint density at radius 2 is 2.00 bits per heavy atom. The lowest BCUT2D eigenvalue weighted by atomic mass is 10.1. The summed E-state index contributed by atoms with van der Waals surface area (Å²) in [6, 6.07) is 13.4. The third-order valence-electron chi connectivity index (χ3n) is 3.80. The van der Waals surface area contributed by atoms with Crippen LogP contribution in [0.4, 0.5) is 0 Å². The quantitative estimate of drug-likeness (QED) is 0.412. The number of hydrogen-bond acceptors (Lipinski definition) is 6.